The molecule has 0 bridgehead atoms. The normalized spacial score (nSPS) is 14.4. The van der Waals surface area contributed by atoms with Crippen molar-refractivity contribution in [2.75, 3.05) is 18.2 Å². The van der Waals surface area contributed by atoms with Gasteiger partial charge in [-0.2, -0.15) is 0 Å². The summed E-state index contributed by atoms with van der Waals surface area (Å²) in [4.78, 5) is 24.3. The third kappa shape index (κ3) is 1.88. The van der Waals surface area contributed by atoms with E-state index in [-0.39, 0.29) is 17.7 Å². The summed E-state index contributed by atoms with van der Waals surface area (Å²) in [5.41, 5.74) is 2.27. The maximum Gasteiger partial charge on any atom is 0.321 e. The molecule has 1 heterocycles. The highest BCUT2D eigenvalue weighted by Gasteiger charge is 2.19. The second kappa shape index (κ2) is 4.14. The van der Waals surface area contributed by atoms with E-state index in [2.05, 4.69) is 5.32 Å². The zero-order valence-corrected chi connectivity index (χ0v) is 9.54. The molecule has 0 atom stereocenters. The van der Waals surface area contributed by atoms with Crippen molar-refractivity contribution in [1.29, 1.82) is 0 Å². The van der Waals surface area contributed by atoms with Crippen LogP contribution in [0.4, 0.5) is 10.5 Å². The highest BCUT2D eigenvalue weighted by atomic mass is 35.5. The molecule has 2 rings (SSSR count). The molecule has 0 spiro atoms. The number of Topliss-reactive ketones (excluding diaryl/α,β-unsaturated/α-hetero) is 1. The van der Waals surface area contributed by atoms with Crippen molar-refractivity contribution >= 4 is 29.1 Å². The van der Waals surface area contributed by atoms with Crippen LogP contribution in [-0.4, -0.2) is 29.6 Å². The lowest BCUT2D eigenvalue weighted by molar-refractivity contribution is 0.102. The van der Waals surface area contributed by atoms with Gasteiger partial charge in [0, 0.05) is 24.8 Å². The van der Waals surface area contributed by atoms with Crippen LogP contribution in [0.1, 0.15) is 15.9 Å². The highest BCUT2D eigenvalue weighted by molar-refractivity contribution is 6.30. The molecule has 16 heavy (non-hydrogen) atoms. The van der Waals surface area contributed by atoms with Gasteiger partial charge in [-0.25, -0.2) is 4.79 Å². The van der Waals surface area contributed by atoms with Gasteiger partial charge in [-0.05, 0) is 23.8 Å². The van der Waals surface area contributed by atoms with Crippen molar-refractivity contribution < 1.29 is 9.59 Å². The summed E-state index contributed by atoms with van der Waals surface area (Å²) in [6.07, 6.45) is 0. The second-order valence-corrected chi connectivity index (χ2v) is 3.98. The molecule has 4 nitrogen and oxygen atoms in total. The number of carbonyl (C=O) groups excluding carboxylic acids is 2. The molecule has 0 saturated carbocycles. The molecule has 2 amide bonds. The van der Waals surface area contributed by atoms with Crippen molar-refractivity contribution in [3.05, 3.63) is 29.3 Å². The minimum absolute atomic E-state index is 0.0268. The topological polar surface area (TPSA) is 49.4 Å². The summed E-state index contributed by atoms with van der Waals surface area (Å²) in [5, 5.41) is 2.74. The Morgan fingerprint density at radius 1 is 1.56 bits per heavy atom. The van der Waals surface area contributed by atoms with Crippen LogP contribution in [0.2, 0.25) is 0 Å². The van der Waals surface area contributed by atoms with Gasteiger partial charge in [0.15, 0.2) is 5.78 Å². The summed E-state index contributed by atoms with van der Waals surface area (Å²) in [5.74, 6) is -0.134. The predicted octanol–water partition coefficient (Wildman–Crippen LogP) is 2.09. The fraction of sp³-hybridized carbons (Fsp3) is 0.273. The molecule has 1 aromatic carbocycles. The average Bonchev–Trinajstić information content (AvgIpc) is 2.29. The molecule has 1 aliphatic heterocycles. The van der Waals surface area contributed by atoms with Gasteiger partial charge in [0.2, 0.25) is 0 Å². The highest BCUT2D eigenvalue weighted by Crippen LogP contribution is 2.23. The van der Waals surface area contributed by atoms with Crippen molar-refractivity contribution in [3.8, 4) is 0 Å². The molecule has 0 aliphatic carbocycles. The maximum absolute atomic E-state index is 11.4. The molecule has 0 unspecified atom stereocenters. The first-order valence-electron chi connectivity index (χ1n) is 4.86. The molecule has 1 aromatic rings. The summed E-state index contributed by atoms with van der Waals surface area (Å²) < 4.78 is 0. The van der Waals surface area contributed by atoms with Gasteiger partial charge in [-0.1, -0.05) is 0 Å². The van der Waals surface area contributed by atoms with Gasteiger partial charge < -0.3 is 10.2 Å². The molecular weight excluding hydrogens is 228 g/mol. The van der Waals surface area contributed by atoms with Crippen LogP contribution in [0.15, 0.2) is 18.2 Å². The SMILES string of the molecule is CN1Cc2cc(C(=O)CCl)ccc2NC1=O. The number of urea groups is 1. The summed E-state index contributed by atoms with van der Waals surface area (Å²) >= 11 is 5.49. The number of ketones is 1. The number of benzene rings is 1. The standard InChI is InChI=1S/C11H11ClN2O2/c1-14-6-8-4-7(10(15)5-12)2-3-9(8)13-11(14)16/h2-4H,5-6H2,1H3,(H,13,16). The number of hydrogen-bond donors (Lipinski definition) is 1. The predicted molar refractivity (Wildman–Crippen MR) is 62.0 cm³/mol. The van der Waals surface area contributed by atoms with Crippen molar-refractivity contribution in [2.24, 2.45) is 0 Å². The van der Waals surface area contributed by atoms with E-state index >= 15 is 0 Å². The van der Waals surface area contributed by atoms with Crippen LogP contribution in [0, 0.1) is 0 Å². The van der Waals surface area contributed by atoms with E-state index in [0.717, 1.165) is 11.3 Å². The first-order valence-corrected chi connectivity index (χ1v) is 5.39. The number of fused-ring (bicyclic) bond motifs is 1. The number of hydrogen-bond acceptors (Lipinski definition) is 2. The fourth-order valence-electron chi connectivity index (χ4n) is 1.64. The monoisotopic (exact) mass is 238 g/mol. The Hall–Kier alpha value is -1.55. The smallest absolute Gasteiger partial charge is 0.321 e. The number of alkyl halides is 1. The lowest BCUT2D eigenvalue weighted by atomic mass is 10.0. The number of anilines is 1. The molecule has 0 radical (unpaired) electrons. The number of halogens is 1. The molecule has 0 aromatic heterocycles. The Kier molecular flexibility index (Phi) is 2.83. The van der Waals surface area contributed by atoms with Gasteiger partial charge >= 0.3 is 6.03 Å². The van der Waals surface area contributed by atoms with Crippen LogP contribution < -0.4 is 5.32 Å². The number of nitrogens with one attached hydrogen (secondary N) is 1. The molecule has 1 aliphatic rings. The summed E-state index contributed by atoms with van der Waals surface area (Å²) in [6, 6.07) is 5.05. The lowest BCUT2D eigenvalue weighted by Crippen LogP contribution is -2.35. The van der Waals surface area contributed by atoms with Crippen molar-refractivity contribution in [2.45, 2.75) is 6.54 Å². The minimum atomic E-state index is -0.135. The van der Waals surface area contributed by atoms with Crippen LogP contribution in [0.5, 0.6) is 0 Å². The first-order chi connectivity index (χ1) is 7.61. The Morgan fingerprint density at radius 3 is 3.00 bits per heavy atom. The number of nitrogens with zero attached hydrogens (tertiary/aromatic N) is 1. The van der Waals surface area contributed by atoms with Crippen LogP contribution >= 0.6 is 11.6 Å². The van der Waals surface area contributed by atoms with Gasteiger partial charge in [0.25, 0.3) is 0 Å². The second-order valence-electron chi connectivity index (χ2n) is 3.71. The zero-order valence-electron chi connectivity index (χ0n) is 8.79. The van der Waals surface area contributed by atoms with Gasteiger partial charge in [-0.15, -0.1) is 11.6 Å². The van der Waals surface area contributed by atoms with Gasteiger partial charge in [0.05, 0.1) is 5.88 Å². The van der Waals surface area contributed by atoms with E-state index in [9.17, 15) is 9.59 Å². The molecule has 0 fully saturated rings. The number of amides is 2. The summed E-state index contributed by atoms with van der Waals surface area (Å²) in [7, 11) is 1.70. The van der Waals surface area contributed by atoms with E-state index in [1.165, 1.54) is 0 Å². The van der Waals surface area contributed by atoms with Crippen LogP contribution in [0.25, 0.3) is 0 Å². The van der Waals surface area contributed by atoms with E-state index in [1.54, 1.807) is 30.1 Å². The van der Waals surface area contributed by atoms with E-state index in [4.69, 9.17) is 11.6 Å². The van der Waals surface area contributed by atoms with E-state index in [1.807, 2.05) is 0 Å². The van der Waals surface area contributed by atoms with Crippen LogP contribution in [-0.2, 0) is 6.54 Å². The minimum Gasteiger partial charge on any atom is -0.323 e. The third-order valence-electron chi connectivity index (χ3n) is 2.54. The Morgan fingerprint density at radius 2 is 2.31 bits per heavy atom. The molecule has 0 saturated heterocycles. The van der Waals surface area contributed by atoms with E-state index < -0.39 is 0 Å². The summed E-state index contributed by atoms with van der Waals surface area (Å²) in [6.45, 7) is 0.505. The van der Waals surface area contributed by atoms with Crippen molar-refractivity contribution in [3.63, 3.8) is 0 Å². The molecule has 1 N–H and O–H groups in total. The zero-order chi connectivity index (χ0) is 11.7. The molecule has 84 valence electrons. The van der Waals surface area contributed by atoms with Crippen molar-refractivity contribution in [1.82, 2.24) is 4.90 Å². The average molecular weight is 239 g/mol. The van der Waals surface area contributed by atoms with Gasteiger partial charge in [-0.3, -0.25) is 4.79 Å². The molecular formula is C11H11ClN2O2. The number of carbonyl (C=O) groups is 2. The van der Waals surface area contributed by atoms with Gasteiger partial charge in [0.1, 0.15) is 0 Å². The largest absolute Gasteiger partial charge is 0.323 e. The Bertz CT molecular complexity index is 459. The third-order valence-corrected chi connectivity index (χ3v) is 2.79. The maximum atomic E-state index is 11.4. The Labute approximate surface area is 98.2 Å². The quantitative estimate of drug-likeness (QED) is 0.634. The van der Waals surface area contributed by atoms with Crippen LogP contribution in [0.3, 0.4) is 0 Å². The molecule has 5 heteroatoms. The lowest BCUT2D eigenvalue weighted by Gasteiger charge is -2.26. The number of rotatable bonds is 2. The first kappa shape index (κ1) is 11.0. The van der Waals surface area contributed by atoms with E-state index in [0.29, 0.717) is 12.1 Å². The fourth-order valence-corrected chi connectivity index (χ4v) is 1.79. The Balaban J connectivity index is 2.36.